The molecule has 4 nitrogen and oxygen atoms in total. The van der Waals surface area contributed by atoms with Crippen LogP contribution in [0, 0.1) is 0 Å². The van der Waals surface area contributed by atoms with Crippen molar-refractivity contribution in [3.8, 4) is 0 Å². The molecule has 1 aliphatic heterocycles. The Morgan fingerprint density at radius 2 is 1.81 bits per heavy atom. The van der Waals surface area contributed by atoms with Gasteiger partial charge in [-0.15, -0.1) is 0 Å². The Balaban J connectivity index is 1.76. The van der Waals surface area contributed by atoms with Gasteiger partial charge in [0.2, 0.25) is 5.91 Å². The predicted molar refractivity (Wildman–Crippen MR) is 82.3 cm³/mol. The largest absolute Gasteiger partial charge is 0.381 e. The van der Waals surface area contributed by atoms with Gasteiger partial charge in [-0.3, -0.25) is 4.79 Å². The van der Waals surface area contributed by atoms with Crippen LogP contribution in [0.25, 0.3) is 0 Å². The third-order valence-corrected chi connectivity index (χ3v) is 4.99. The van der Waals surface area contributed by atoms with Gasteiger partial charge >= 0.3 is 0 Å². The molecule has 1 saturated carbocycles. The third kappa shape index (κ3) is 3.07. The van der Waals surface area contributed by atoms with Crippen LogP contribution in [0.2, 0.25) is 5.02 Å². The second kappa shape index (κ2) is 5.59. The summed E-state index contributed by atoms with van der Waals surface area (Å²) in [4.78, 5) is 12.1. The molecule has 0 radical (unpaired) electrons. The standard InChI is InChI=1S/C16H21ClN2O2/c17-13-3-1-12(2-4-13)15(7-9-21-10-8-15)11-19-14(20)16(18)5-6-16/h1-4H,5-11,18H2,(H,19,20). The fourth-order valence-corrected chi connectivity index (χ4v) is 3.05. The van der Waals surface area contributed by atoms with Crippen LogP contribution in [0.5, 0.6) is 0 Å². The van der Waals surface area contributed by atoms with E-state index in [1.54, 1.807) is 0 Å². The first kappa shape index (κ1) is 14.8. The Morgan fingerprint density at radius 3 is 2.38 bits per heavy atom. The molecule has 0 atom stereocenters. The lowest BCUT2D eigenvalue weighted by molar-refractivity contribution is -0.123. The average Bonchev–Trinajstić information content (AvgIpc) is 3.25. The van der Waals surface area contributed by atoms with Gasteiger partial charge < -0.3 is 15.8 Å². The molecule has 2 fully saturated rings. The molecule has 1 amide bonds. The summed E-state index contributed by atoms with van der Waals surface area (Å²) in [6, 6.07) is 7.91. The number of halogens is 1. The number of nitrogens with one attached hydrogen (secondary N) is 1. The van der Waals surface area contributed by atoms with Gasteiger partial charge in [-0.25, -0.2) is 0 Å². The van der Waals surface area contributed by atoms with Crippen LogP contribution in [0.4, 0.5) is 0 Å². The van der Waals surface area contributed by atoms with Crippen LogP contribution in [0.15, 0.2) is 24.3 Å². The molecule has 21 heavy (non-hydrogen) atoms. The number of ether oxygens (including phenoxy) is 1. The Labute approximate surface area is 130 Å². The lowest BCUT2D eigenvalue weighted by atomic mass is 9.74. The molecule has 0 spiro atoms. The molecular weight excluding hydrogens is 288 g/mol. The Hall–Kier alpha value is -1.10. The van der Waals surface area contributed by atoms with Crippen molar-refractivity contribution in [2.75, 3.05) is 19.8 Å². The van der Waals surface area contributed by atoms with Crippen molar-refractivity contribution in [1.82, 2.24) is 5.32 Å². The van der Waals surface area contributed by atoms with E-state index in [1.807, 2.05) is 12.1 Å². The van der Waals surface area contributed by atoms with Gasteiger partial charge in [0.1, 0.15) is 0 Å². The zero-order valence-electron chi connectivity index (χ0n) is 12.0. The molecule has 1 aromatic carbocycles. The molecule has 2 aliphatic rings. The van der Waals surface area contributed by atoms with Crippen molar-refractivity contribution in [3.63, 3.8) is 0 Å². The second-order valence-corrected chi connectivity index (χ2v) is 6.67. The van der Waals surface area contributed by atoms with Crippen LogP contribution in [0.3, 0.4) is 0 Å². The molecule has 0 unspecified atom stereocenters. The highest BCUT2D eigenvalue weighted by Gasteiger charge is 2.46. The first-order valence-electron chi connectivity index (χ1n) is 7.45. The fraction of sp³-hybridized carbons (Fsp3) is 0.562. The van der Waals surface area contributed by atoms with Gasteiger partial charge in [0.05, 0.1) is 5.54 Å². The van der Waals surface area contributed by atoms with Gasteiger partial charge in [0.15, 0.2) is 0 Å². The van der Waals surface area contributed by atoms with Crippen molar-refractivity contribution in [1.29, 1.82) is 0 Å². The minimum atomic E-state index is -0.619. The lowest BCUT2D eigenvalue weighted by Gasteiger charge is -2.38. The maximum absolute atomic E-state index is 12.1. The van der Waals surface area contributed by atoms with E-state index >= 15 is 0 Å². The number of carbonyl (C=O) groups is 1. The van der Waals surface area contributed by atoms with E-state index < -0.39 is 5.54 Å². The number of nitrogens with two attached hydrogens (primary N) is 1. The summed E-state index contributed by atoms with van der Waals surface area (Å²) in [6.07, 6.45) is 3.37. The third-order valence-electron chi connectivity index (χ3n) is 4.73. The molecule has 1 aromatic rings. The number of amides is 1. The fourth-order valence-electron chi connectivity index (χ4n) is 2.92. The monoisotopic (exact) mass is 308 g/mol. The Kier molecular flexibility index (Phi) is 3.95. The molecule has 3 N–H and O–H groups in total. The minimum Gasteiger partial charge on any atom is -0.381 e. The van der Waals surface area contributed by atoms with Gasteiger partial charge in [-0.2, -0.15) is 0 Å². The first-order valence-corrected chi connectivity index (χ1v) is 7.83. The van der Waals surface area contributed by atoms with Crippen molar-refractivity contribution in [2.24, 2.45) is 5.73 Å². The maximum Gasteiger partial charge on any atom is 0.240 e. The highest BCUT2D eigenvalue weighted by molar-refractivity contribution is 6.30. The molecular formula is C16H21ClN2O2. The smallest absolute Gasteiger partial charge is 0.240 e. The summed E-state index contributed by atoms with van der Waals surface area (Å²) in [5, 5.41) is 3.78. The molecule has 1 heterocycles. The quantitative estimate of drug-likeness (QED) is 0.894. The highest BCUT2D eigenvalue weighted by Crippen LogP contribution is 2.36. The zero-order chi connectivity index (χ0) is 14.9. The van der Waals surface area contributed by atoms with E-state index in [0.29, 0.717) is 19.8 Å². The Bertz CT molecular complexity index is 520. The molecule has 0 bridgehead atoms. The van der Waals surface area contributed by atoms with E-state index in [2.05, 4.69) is 17.4 Å². The summed E-state index contributed by atoms with van der Waals surface area (Å²) in [6.45, 7) is 2.04. The zero-order valence-corrected chi connectivity index (χ0v) is 12.8. The van der Waals surface area contributed by atoms with E-state index in [4.69, 9.17) is 22.1 Å². The molecule has 1 aliphatic carbocycles. The number of carbonyl (C=O) groups excluding carboxylic acids is 1. The number of hydrogen-bond donors (Lipinski definition) is 2. The second-order valence-electron chi connectivity index (χ2n) is 6.24. The van der Waals surface area contributed by atoms with Gasteiger partial charge in [0.25, 0.3) is 0 Å². The summed E-state index contributed by atoms with van der Waals surface area (Å²) in [7, 11) is 0. The molecule has 0 aromatic heterocycles. The average molecular weight is 309 g/mol. The van der Waals surface area contributed by atoms with Crippen molar-refractivity contribution in [3.05, 3.63) is 34.9 Å². The van der Waals surface area contributed by atoms with Crippen molar-refractivity contribution < 1.29 is 9.53 Å². The molecule has 3 rings (SSSR count). The van der Waals surface area contributed by atoms with Crippen LogP contribution in [-0.2, 0) is 14.9 Å². The highest BCUT2D eigenvalue weighted by atomic mass is 35.5. The summed E-state index contributed by atoms with van der Waals surface area (Å²) < 4.78 is 5.49. The van der Waals surface area contributed by atoms with E-state index in [0.717, 1.165) is 30.7 Å². The summed E-state index contributed by atoms with van der Waals surface area (Å²) >= 11 is 5.98. The van der Waals surface area contributed by atoms with E-state index in [1.165, 1.54) is 5.56 Å². The van der Waals surface area contributed by atoms with Crippen LogP contribution in [-0.4, -0.2) is 31.2 Å². The Morgan fingerprint density at radius 1 is 1.19 bits per heavy atom. The SMILES string of the molecule is NC1(C(=O)NCC2(c3ccc(Cl)cc3)CCOCC2)CC1. The normalized spacial score (nSPS) is 22.6. The number of benzene rings is 1. The van der Waals surface area contributed by atoms with Crippen molar-refractivity contribution >= 4 is 17.5 Å². The van der Waals surface area contributed by atoms with Crippen LogP contribution >= 0.6 is 11.6 Å². The van der Waals surface area contributed by atoms with Crippen LogP contribution in [0.1, 0.15) is 31.2 Å². The maximum atomic E-state index is 12.1. The minimum absolute atomic E-state index is 0.0256. The van der Waals surface area contributed by atoms with E-state index in [-0.39, 0.29) is 11.3 Å². The molecule has 5 heteroatoms. The predicted octanol–water partition coefficient (Wildman–Crippen LogP) is 2.00. The van der Waals surface area contributed by atoms with Gasteiger partial charge in [0, 0.05) is 30.2 Å². The van der Waals surface area contributed by atoms with E-state index in [9.17, 15) is 4.79 Å². The lowest BCUT2D eigenvalue weighted by Crippen LogP contribution is -2.50. The van der Waals surface area contributed by atoms with Gasteiger partial charge in [-0.1, -0.05) is 23.7 Å². The van der Waals surface area contributed by atoms with Crippen LogP contribution < -0.4 is 11.1 Å². The first-order chi connectivity index (χ1) is 10.0. The summed E-state index contributed by atoms with van der Waals surface area (Å²) in [5.41, 5.74) is 6.46. The summed E-state index contributed by atoms with van der Waals surface area (Å²) in [5.74, 6) is -0.0256. The number of rotatable bonds is 4. The topological polar surface area (TPSA) is 64.4 Å². The van der Waals surface area contributed by atoms with Gasteiger partial charge in [-0.05, 0) is 43.4 Å². The molecule has 114 valence electrons. The number of hydrogen-bond acceptors (Lipinski definition) is 3. The van der Waals surface area contributed by atoms with Crippen molar-refractivity contribution in [2.45, 2.75) is 36.6 Å². The molecule has 1 saturated heterocycles.